The Labute approximate surface area is 115 Å². The second-order valence-corrected chi connectivity index (χ2v) is 5.62. The van der Waals surface area contributed by atoms with Gasteiger partial charge in [-0.2, -0.15) is 0 Å². The summed E-state index contributed by atoms with van der Waals surface area (Å²) in [5, 5.41) is 6.77. The van der Waals surface area contributed by atoms with Gasteiger partial charge in [0.1, 0.15) is 18.0 Å². The van der Waals surface area contributed by atoms with Crippen LogP contribution in [0.15, 0.2) is 12.4 Å². The molecule has 19 heavy (non-hydrogen) atoms. The van der Waals surface area contributed by atoms with Gasteiger partial charge in [-0.1, -0.05) is 13.8 Å². The molecular formula is C14H25N5. The van der Waals surface area contributed by atoms with E-state index in [2.05, 4.69) is 52.3 Å². The molecule has 1 fully saturated rings. The molecule has 0 bridgehead atoms. The van der Waals surface area contributed by atoms with Crippen molar-refractivity contribution in [3.63, 3.8) is 0 Å². The van der Waals surface area contributed by atoms with Crippen molar-refractivity contribution in [1.29, 1.82) is 0 Å². The highest BCUT2D eigenvalue weighted by molar-refractivity contribution is 5.49. The quantitative estimate of drug-likeness (QED) is 0.847. The lowest BCUT2D eigenvalue weighted by Gasteiger charge is -2.34. The van der Waals surface area contributed by atoms with Crippen molar-refractivity contribution in [2.45, 2.75) is 33.2 Å². The number of hydrogen-bond donors (Lipinski definition) is 2. The summed E-state index contributed by atoms with van der Waals surface area (Å²) in [7, 11) is 0. The average Bonchev–Trinajstić information content (AvgIpc) is 2.39. The SMILES string of the molecule is CC(C)CCNc1cc(N2CCNCC2C)ncn1. The van der Waals surface area contributed by atoms with Crippen LogP contribution in [0.25, 0.3) is 0 Å². The minimum absolute atomic E-state index is 0.479. The van der Waals surface area contributed by atoms with Crippen LogP contribution in [0.3, 0.4) is 0 Å². The van der Waals surface area contributed by atoms with E-state index in [4.69, 9.17) is 0 Å². The van der Waals surface area contributed by atoms with Crippen LogP contribution in [0, 0.1) is 5.92 Å². The van der Waals surface area contributed by atoms with Gasteiger partial charge in [0, 0.05) is 38.3 Å². The maximum absolute atomic E-state index is 4.40. The summed E-state index contributed by atoms with van der Waals surface area (Å²) in [5.74, 6) is 2.66. The number of aromatic nitrogens is 2. The van der Waals surface area contributed by atoms with Crippen molar-refractivity contribution in [2.75, 3.05) is 36.4 Å². The molecule has 1 unspecified atom stereocenters. The van der Waals surface area contributed by atoms with Gasteiger partial charge in [0.05, 0.1) is 0 Å². The summed E-state index contributed by atoms with van der Waals surface area (Å²) < 4.78 is 0. The van der Waals surface area contributed by atoms with Crippen LogP contribution in [-0.2, 0) is 0 Å². The first-order valence-corrected chi connectivity index (χ1v) is 7.20. The summed E-state index contributed by atoms with van der Waals surface area (Å²) in [6.07, 6.45) is 2.81. The highest BCUT2D eigenvalue weighted by atomic mass is 15.3. The van der Waals surface area contributed by atoms with Crippen LogP contribution in [-0.4, -0.2) is 42.2 Å². The number of anilines is 2. The molecule has 1 aromatic rings. The number of piperazine rings is 1. The van der Waals surface area contributed by atoms with Crippen molar-refractivity contribution >= 4 is 11.6 Å². The fraction of sp³-hybridized carbons (Fsp3) is 0.714. The molecule has 0 radical (unpaired) electrons. The topological polar surface area (TPSA) is 53.1 Å². The Morgan fingerprint density at radius 1 is 1.47 bits per heavy atom. The zero-order chi connectivity index (χ0) is 13.7. The Morgan fingerprint density at radius 3 is 3.05 bits per heavy atom. The maximum Gasteiger partial charge on any atom is 0.134 e. The molecule has 5 nitrogen and oxygen atoms in total. The van der Waals surface area contributed by atoms with Crippen LogP contribution in [0.1, 0.15) is 27.2 Å². The first-order valence-electron chi connectivity index (χ1n) is 7.20. The smallest absolute Gasteiger partial charge is 0.134 e. The van der Waals surface area contributed by atoms with Crippen LogP contribution in [0.4, 0.5) is 11.6 Å². The minimum atomic E-state index is 0.479. The summed E-state index contributed by atoms with van der Waals surface area (Å²) >= 11 is 0. The van der Waals surface area contributed by atoms with E-state index in [1.165, 1.54) is 0 Å². The molecule has 1 aromatic heterocycles. The first-order chi connectivity index (χ1) is 9.16. The molecule has 5 heteroatoms. The van der Waals surface area contributed by atoms with E-state index >= 15 is 0 Å². The molecule has 0 aliphatic carbocycles. The average molecular weight is 263 g/mol. The van der Waals surface area contributed by atoms with Crippen LogP contribution < -0.4 is 15.5 Å². The predicted octanol–water partition coefficient (Wildman–Crippen LogP) is 1.73. The number of nitrogens with zero attached hydrogens (tertiary/aromatic N) is 3. The monoisotopic (exact) mass is 263 g/mol. The van der Waals surface area contributed by atoms with Gasteiger partial charge in [-0.05, 0) is 19.3 Å². The largest absolute Gasteiger partial charge is 0.370 e. The van der Waals surface area contributed by atoms with E-state index in [1.54, 1.807) is 6.33 Å². The Balaban J connectivity index is 1.98. The number of rotatable bonds is 5. The molecule has 1 aliphatic rings. The number of nitrogens with one attached hydrogen (secondary N) is 2. The van der Waals surface area contributed by atoms with Crippen molar-refractivity contribution in [3.05, 3.63) is 12.4 Å². The lowest BCUT2D eigenvalue weighted by Crippen LogP contribution is -2.50. The third kappa shape index (κ3) is 4.06. The van der Waals surface area contributed by atoms with Gasteiger partial charge in [0.15, 0.2) is 0 Å². The molecule has 2 N–H and O–H groups in total. The molecule has 106 valence electrons. The molecule has 1 atom stereocenters. The van der Waals surface area contributed by atoms with Gasteiger partial charge in [0.2, 0.25) is 0 Å². The van der Waals surface area contributed by atoms with Crippen molar-refractivity contribution < 1.29 is 0 Å². The van der Waals surface area contributed by atoms with Crippen molar-refractivity contribution in [1.82, 2.24) is 15.3 Å². The van der Waals surface area contributed by atoms with Gasteiger partial charge in [0.25, 0.3) is 0 Å². The molecule has 2 rings (SSSR count). The third-order valence-electron chi connectivity index (χ3n) is 3.48. The lowest BCUT2D eigenvalue weighted by molar-refractivity contribution is 0.497. The summed E-state index contributed by atoms with van der Waals surface area (Å²) in [4.78, 5) is 11.0. The van der Waals surface area contributed by atoms with Crippen LogP contribution in [0.2, 0.25) is 0 Å². The number of hydrogen-bond acceptors (Lipinski definition) is 5. The second-order valence-electron chi connectivity index (χ2n) is 5.62. The molecule has 2 heterocycles. The van der Waals surface area contributed by atoms with Gasteiger partial charge < -0.3 is 15.5 Å². The van der Waals surface area contributed by atoms with Gasteiger partial charge in [-0.25, -0.2) is 9.97 Å². The second kappa shape index (κ2) is 6.70. The van der Waals surface area contributed by atoms with Gasteiger partial charge >= 0.3 is 0 Å². The Kier molecular flexibility index (Phi) is 4.96. The minimum Gasteiger partial charge on any atom is -0.370 e. The van der Waals surface area contributed by atoms with Crippen molar-refractivity contribution in [3.8, 4) is 0 Å². The Bertz CT molecular complexity index is 393. The van der Waals surface area contributed by atoms with Gasteiger partial charge in [-0.3, -0.25) is 0 Å². The normalized spacial score (nSPS) is 19.8. The molecule has 0 saturated carbocycles. The zero-order valence-corrected chi connectivity index (χ0v) is 12.2. The molecule has 1 saturated heterocycles. The van der Waals surface area contributed by atoms with E-state index < -0.39 is 0 Å². The zero-order valence-electron chi connectivity index (χ0n) is 12.2. The van der Waals surface area contributed by atoms with Crippen molar-refractivity contribution in [2.24, 2.45) is 5.92 Å². The molecule has 0 amide bonds. The highest BCUT2D eigenvalue weighted by Gasteiger charge is 2.19. The van der Waals surface area contributed by atoms with E-state index in [0.717, 1.165) is 44.2 Å². The summed E-state index contributed by atoms with van der Waals surface area (Å²) in [6.45, 7) is 10.7. The summed E-state index contributed by atoms with van der Waals surface area (Å²) in [5.41, 5.74) is 0. The van der Waals surface area contributed by atoms with Crippen LogP contribution in [0.5, 0.6) is 0 Å². The first kappa shape index (κ1) is 14.1. The fourth-order valence-corrected chi connectivity index (χ4v) is 2.27. The molecule has 1 aliphatic heterocycles. The van der Waals surface area contributed by atoms with E-state index in [1.807, 2.05) is 0 Å². The third-order valence-corrected chi connectivity index (χ3v) is 3.48. The van der Waals surface area contributed by atoms with E-state index in [9.17, 15) is 0 Å². The molecule has 0 aromatic carbocycles. The lowest BCUT2D eigenvalue weighted by atomic mass is 10.1. The molecule has 0 spiro atoms. The maximum atomic E-state index is 4.40. The van der Waals surface area contributed by atoms with Gasteiger partial charge in [-0.15, -0.1) is 0 Å². The standard InChI is InChI=1S/C14H25N5/c1-11(2)4-5-16-13-8-14(18-10-17-13)19-7-6-15-9-12(19)3/h8,10-12,15H,4-7,9H2,1-3H3,(H,16,17,18). The Hall–Kier alpha value is -1.36. The molecular weight excluding hydrogens is 238 g/mol. The fourth-order valence-electron chi connectivity index (χ4n) is 2.27. The Morgan fingerprint density at radius 2 is 2.32 bits per heavy atom. The van der Waals surface area contributed by atoms with Crippen LogP contribution >= 0.6 is 0 Å². The van der Waals surface area contributed by atoms with E-state index in [0.29, 0.717) is 12.0 Å². The summed E-state index contributed by atoms with van der Waals surface area (Å²) in [6, 6.07) is 2.54. The van der Waals surface area contributed by atoms with E-state index in [-0.39, 0.29) is 0 Å². The highest BCUT2D eigenvalue weighted by Crippen LogP contribution is 2.17. The predicted molar refractivity (Wildman–Crippen MR) is 79.7 cm³/mol.